The molecule has 8 aromatic heterocycles. The summed E-state index contributed by atoms with van der Waals surface area (Å²) < 4.78 is 28.6. The van der Waals surface area contributed by atoms with E-state index in [-0.39, 0.29) is 35.6 Å². The molecule has 0 radical (unpaired) electrons. The Hall–Kier alpha value is -8.08. The van der Waals surface area contributed by atoms with Gasteiger partial charge in [0.1, 0.15) is 17.0 Å². The van der Waals surface area contributed by atoms with Crippen LogP contribution in [0, 0.1) is 51.2 Å². The van der Waals surface area contributed by atoms with Gasteiger partial charge in [-0.3, -0.25) is 24.8 Å². The number of halogens is 2. The van der Waals surface area contributed by atoms with Crippen LogP contribution in [0.3, 0.4) is 0 Å². The third kappa shape index (κ3) is 14.2. The molecule has 1 amide bonds. The number of nitrogens with zero attached hydrogens (tertiary/aromatic N) is 10. The number of H-pyrrole nitrogens is 2. The van der Waals surface area contributed by atoms with Crippen LogP contribution in [-0.2, 0) is 27.2 Å². The minimum Gasteiger partial charge on any atom is -0.481 e. The lowest BCUT2D eigenvalue weighted by Gasteiger charge is -2.35. The van der Waals surface area contributed by atoms with Gasteiger partial charge in [0, 0.05) is 53.9 Å². The van der Waals surface area contributed by atoms with Gasteiger partial charge < -0.3 is 31.7 Å². The Morgan fingerprint density at radius 1 is 0.688 bits per heavy atom. The zero-order valence-corrected chi connectivity index (χ0v) is 43.9. The summed E-state index contributed by atoms with van der Waals surface area (Å²) in [5.74, 6) is 0.138. The number of carbonyl (C=O) groups is 2. The van der Waals surface area contributed by atoms with Gasteiger partial charge in [-0.15, -0.1) is 0 Å². The Kier molecular flexibility index (Phi) is 17.1. The van der Waals surface area contributed by atoms with Gasteiger partial charge in [0.2, 0.25) is 5.91 Å². The van der Waals surface area contributed by atoms with Gasteiger partial charge in [0.25, 0.3) is 0 Å². The van der Waals surface area contributed by atoms with Gasteiger partial charge in [-0.05, 0) is 158 Å². The summed E-state index contributed by atoms with van der Waals surface area (Å²) in [7, 11) is 0. The standard InChI is InChI=1S/C27H31FN8O2.C18H23N3O3.C10H11FN4/c1-16-10-22(32-23(11-16)33-24-12-17(2)34-35-24)27(38)8-6-19(7-9-27)26(37)31-18(3)20-4-5-25(29-13-20)36-15-21(28)14-30-36;1-11-7-14(10-15-9-12(2)20-21-15)19-16(8-11)18(24)5-3-13(4-6-18)17(22)23;1-7(12)8-2-3-10(13-4-8)15-6-9(11)5-14-15/h4-5,10-15,18-19,38H,6-9H2,1-3H3,(H,31,37)(H2,32,33,34,35);7-9,13,24H,3-6,10H2,1-2H3,(H,20,21)(H,22,23);2-7H,12H2,1H3/t18-,19?,27?;;7-/m0.0/s1. The van der Waals surface area contributed by atoms with E-state index in [1.807, 2.05) is 90.1 Å². The van der Waals surface area contributed by atoms with E-state index in [0.29, 0.717) is 92.4 Å². The number of hydrogen-bond acceptors (Lipinski definition) is 14. The average Bonchev–Trinajstić information content (AvgIpc) is 4.24. The number of aryl methyl sites for hydroxylation is 4. The summed E-state index contributed by atoms with van der Waals surface area (Å²) in [6.45, 7) is 11.6. The third-order valence-corrected chi connectivity index (χ3v) is 13.9. The number of carboxylic acids is 1. The average molecular weight is 1050 g/mol. The van der Waals surface area contributed by atoms with Crippen LogP contribution < -0.4 is 16.4 Å². The van der Waals surface area contributed by atoms with Crippen molar-refractivity contribution in [2.75, 3.05) is 5.32 Å². The topological polar surface area (TPSA) is 289 Å². The lowest BCUT2D eigenvalue weighted by Crippen LogP contribution is -2.39. The molecule has 8 heterocycles. The Balaban J connectivity index is 0.000000170. The second-order valence-corrected chi connectivity index (χ2v) is 20.3. The molecule has 0 saturated heterocycles. The van der Waals surface area contributed by atoms with Gasteiger partial charge in [-0.2, -0.15) is 20.4 Å². The van der Waals surface area contributed by atoms with Crippen LogP contribution in [0.25, 0.3) is 11.6 Å². The molecule has 404 valence electrons. The molecule has 10 rings (SSSR count). The number of carbonyl (C=O) groups excluding carboxylic acids is 1. The van der Waals surface area contributed by atoms with Crippen molar-refractivity contribution in [3.8, 4) is 11.6 Å². The highest BCUT2D eigenvalue weighted by molar-refractivity contribution is 5.79. The Morgan fingerprint density at radius 2 is 1.22 bits per heavy atom. The fourth-order valence-corrected chi connectivity index (χ4v) is 9.47. The number of aromatic amines is 2. The first-order valence-corrected chi connectivity index (χ1v) is 25.5. The number of hydrogen-bond donors (Lipinski definition) is 8. The molecule has 0 spiro atoms. The maximum Gasteiger partial charge on any atom is 0.306 e. The number of nitrogens with one attached hydrogen (secondary N) is 4. The van der Waals surface area contributed by atoms with Crippen LogP contribution in [-0.4, -0.2) is 87.1 Å². The van der Waals surface area contributed by atoms with Crippen molar-refractivity contribution in [3.63, 3.8) is 0 Å². The minimum absolute atomic E-state index is 0.0498. The SMILES string of the molecule is C[C@H](N)c1ccc(-n2cc(F)cn2)nc1.Cc1cc(Cc2cc(C)[nH]n2)nc(C2(O)CCC(C(=O)O)CC2)c1.Cc1cc(Nc2cc(C)[nH]n2)nc(C2(O)CCC(C(=O)N[C@@H](C)c3ccc(-n4cc(F)cn4)nc3)CC2)c1. The summed E-state index contributed by atoms with van der Waals surface area (Å²) in [6, 6.07) is 18.5. The van der Waals surface area contributed by atoms with E-state index in [1.165, 1.54) is 21.8 Å². The molecule has 2 atom stereocenters. The Morgan fingerprint density at radius 3 is 1.70 bits per heavy atom. The summed E-state index contributed by atoms with van der Waals surface area (Å²) >= 11 is 0. The highest BCUT2D eigenvalue weighted by Gasteiger charge is 2.40. The van der Waals surface area contributed by atoms with E-state index >= 15 is 0 Å². The quantitative estimate of drug-likeness (QED) is 0.0542. The summed E-state index contributed by atoms with van der Waals surface area (Å²) in [5, 5.41) is 59.8. The lowest BCUT2D eigenvalue weighted by molar-refractivity contribution is -0.145. The Labute approximate surface area is 444 Å². The van der Waals surface area contributed by atoms with Crippen LogP contribution in [0.1, 0.15) is 134 Å². The van der Waals surface area contributed by atoms with E-state index in [1.54, 1.807) is 24.5 Å². The van der Waals surface area contributed by atoms with Crippen molar-refractivity contribution in [2.45, 2.75) is 123 Å². The molecule has 20 nitrogen and oxygen atoms in total. The first kappa shape index (κ1) is 55.2. The maximum absolute atomic E-state index is 13.2. The fraction of sp³-hybridized carbons (Fsp3) is 0.382. The molecule has 0 aromatic carbocycles. The van der Waals surface area contributed by atoms with Crippen LogP contribution in [0.2, 0.25) is 0 Å². The molecule has 0 bridgehead atoms. The van der Waals surface area contributed by atoms with E-state index in [0.717, 1.165) is 57.4 Å². The summed E-state index contributed by atoms with van der Waals surface area (Å²) in [4.78, 5) is 41.9. The molecule has 2 aliphatic carbocycles. The highest BCUT2D eigenvalue weighted by Crippen LogP contribution is 2.41. The van der Waals surface area contributed by atoms with Gasteiger partial charge in [0.05, 0.1) is 53.8 Å². The number of nitrogens with two attached hydrogens (primary N) is 1. The number of rotatable bonds is 13. The van der Waals surface area contributed by atoms with Crippen LogP contribution >= 0.6 is 0 Å². The molecule has 77 heavy (non-hydrogen) atoms. The maximum atomic E-state index is 13.2. The predicted octanol–water partition coefficient (Wildman–Crippen LogP) is 8.04. The van der Waals surface area contributed by atoms with Gasteiger partial charge in [-0.25, -0.2) is 33.1 Å². The largest absolute Gasteiger partial charge is 0.481 e. The van der Waals surface area contributed by atoms with Crippen molar-refractivity contribution in [1.29, 1.82) is 0 Å². The van der Waals surface area contributed by atoms with Crippen LogP contribution in [0.15, 0.2) is 97.8 Å². The summed E-state index contributed by atoms with van der Waals surface area (Å²) in [5.41, 5.74) is 12.3. The number of aliphatic hydroxyl groups is 2. The van der Waals surface area contributed by atoms with Crippen LogP contribution in [0.5, 0.6) is 0 Å². The Bertz CT molecular complexity index is 3260. The minimum atomic E-state index is -1.10. The van der Waals surface area contributed by atoms with Gasteiger partial charge >= 0.3 is 5.97 Å². The number of anilines is 2. The molecule has 22 heteroatoms. The highest BCUT2D eigenvalue weighted by atomic mass is 19.1. The van der Waals surface area contributed by atoms with Crippen molar-refractivity contribution in [3.05, 3.63) is 166 Å². The van der Waals surface area contributed by atoms with Crippen molar-refractivity contribution in [2.24, 2.45) is 17.6 Å². The van der Waals surface area contributed by atoms with Crippen molar-refractivity contribution in [1.82, 2.24) is 65.2 Å². The second kappa shape index (κ2) is 23.9. The molecular formula is C55H65F2N15O5. The molecule has 0 unspecified atom stereocenters. The third-order valence-electron chi connectivity index (χ3n) is 13.9. The number of aromatic nitrogens is 12. The molecular weight excluding hydrogens is 989 g/mol. The normalized spacial score (nSPS) is 19.9. The fourth-order valence-electron chi connectivity index (χ4n) is 9.47. The van der Waals surface area contributed by atoms with Crippen molar-refractivity contribution < 1.29 is 33.7 Å². The molecule has 8 aromatic rings. The molecule has 0 aliphatic heterocycles. The molecule has 2 saturated carbocycles. The zero-order chi connectivity index (χ0) is 55.0. The molecule has 2 aliphatic rings. The van der Waals surface area contributed by atoms with Crippen molar-refractivity contribution >= 4 is 23.5 Å². The van der Waals surface area contributed by atoms with E-state index in [4.69, 9.17) is 10.8 Å². The predicted molar refractivity (Wildman–Crippen MR) is 282 cm³/mol. The zero-order valence-electron chi connectivity index (χ0n) is 43.9. The second-order valence-electron chi connectivity index (χ2n) is 20.3. The molecule has 9 N–H and O–H groups in total. The monoisotopic (exact) mass is 1050 g/mol. The number of carboxylic acid groups (broad SMARTS) is 1. The first-order valence-electron chi connectivity index (χ1n) is 25.5. The van der Waals surface area contributed by atoms with E-state index in [9.17, 15) is 28.6 Å². The van der Waals surface area contributed by atoms with E-state index in [2.05, 4.69) is 61.2 Å². The van der Waals surface area contributed by atoms with Crippen LogP contribution in [0.4, 0.5) is 20.4 Å². The smallest absolute Gasteiger partial charge is 0.306 e. The number of aliphatic carboxylic acids is 1. The number of pyridine rings is 4. The van der Waals surface area contributed by atoms with E-state index < -0.39 is 23.0 Å². The number of amides is 1. The van der Waals surface area contributed by atoms with Gasteiger partial charge in [-0.1, -0.05) is 12.1 Å². The first-order chi connectivity index (χ1) is 36.7. The van der Waals surface area contributed by atoms with Gasteiger partial charge in [0.15, 0.2) is 29.1 Å². The lowest BCUT2D eigenvalue weighted by atomic mass is 9.76. The molecule has 2 fully saturated rings. The summed E-state index contributed by atoms with van der Waals surface area (Å²) in [6.07, 6.45) is 12.5.